The van der Waals surface area contributed by atoms with E-state index in [0.29, 0.717) is 8.70 Å². The first kappa shape index (κ1) is 23.2. The van der Waals surface area contributed by atoms with Crippen LogP contribution in [0.15, 0.2) is 36.4 Å². The van der Waals surface area contributed by atoms with E-state index in [0.717, 1.165) is 0 Å². The molecule has 0 heterocycles. The van der Waals surface area contributed by atoms with Gasteiger partial charge in [-0.15, -0.1) is 0 Å². The zero-order valence-corrected chi connectivity index (χ0v) is 16.9. The van der Waals surface area contributed by atoms with Crippen molar-refractivity contribution in [2.24, 2.45) is 0 Å². The van der Waals surface area contributed by atoms with Crippen LogP contribution in [-0.2, 0) is 17.9 Å². The molecule has 2 aromatic rings. The number of hydrogen-bond acceptors (Lipinski definition) is 8. The summed E-state index contributed by atoms with van der Waals surface area (Å²) in [5.74, 6) is 0.0804. The largest absolute Gasteiger partial charge is 0.394 e. The molecule has 0 aliphatic heterocycles. The number of rotatable bonds is 2. The molecule has 2 aromatic carbocycles. The van der Waals surface area contributed by atoms with Gasteiger partial charge in [0.25, 0.3) is 0 Å². The Morgan fingerprint density at radius 1 is 0.760 bits per heavy atom. The number of aromatic hydroxyl groups is 2. The Labute approximate surface area is 156 Å². The summed E-state index contributed by atoms with van der Waals surface area (Å²) in [5, 5.41) is 17.8. The minimum Gasteiger partial charge on any atom is -0.264 e. The molecule has 0 aliphatic rings. The van der Waals surface area contributed by atoms with Crippen LogP contribution in [0, 0.1) is 0 Å². The molecule has 13 heteroatoms. The van der Waals surface area contributed by atoms with Crippen LogP contribution in [-0.4, -0.2) is 59.1 Å². The van der Waals surface area contributed by atoms with E-state index in [-0.39, 0.29) is 22.9 Å². The Hall–Kier alpha value is -1.77. The zero-order valence-electron chi connectivity index (χ0n) is 12.3. The van der Waals surface area contributed by atoms with Gasteiger partial charge in [-0.1, -0.05) is 0 Å². The maximum Gasteiger partial charge on any atom is 0.394 e. The van der Waals surface area contributed by atoms with E-state index in [1.54, 1.807) is 12.1 Å². The molecule has 0 unspecified atom stereocenters. The van der Waals surface area contributed by atoms with Crippen molar-refractivity contribution in [1.82, 2.24) is 0 Å². The Kier molecular flexibility index (Phi) is 10.2. The van der Waals surface area contributed by atoms with E-state index in [1.165, 1.54) is 24.3 Å². The summed E-state index contributed by atoms with van der Waals surface area (Å²) in [4.78, 5) is 0. The average molecular weight is 496 g/mol. The van der Waals surface area contributed by atoms with Gasteiger partial charge in [0, 0.05) is 0 Å². The van der Waals surface area contributed by atoms with Gasteiger partial charge in [-0.2, -0.15) is 8.42 Å². The van der Waals surface area contributed by atoms with Crippen molar-refractivity contribution in [1.29, 1.82) is 0 Å². The van der Waals surface area contributed by atoms with E-state index in [2.05, 4.69) is 0 Å². The van der Waals surface area contributed by atoms with E-state index in [1.807, 2.05) is 0 Å². The summed E-state index contributed by atoms with van der Waals surface area (Å²) >= 11 is -2.07. The summed E-state index contributed by atoms with van der Waals surface area (Å²) in [6.07, 6.45) is 0. The van der Waals surface area contributed by atoms with Crippen LogP contribution in [0.1, 0.15) is 0 Å². The number of nitrogens with two attached hydrogens (primary N) is 2. The third kappa shape index (κ3) is 11.4. The third-order valence-electron chi connectivity index (χ3n) is 2.23. The van der Waals surface area contributed by atoms with Crippen LogP contribution in [0.4, 0.5) is 11.4 Å². The van der Waals surface area contributed by atoms with Gasteiger partial charge in [-0.05, 0) is 0 Å². The predicted molar refractivity (Wildman–Crippen MR) is 91.4 cm³/mol. The normalized spacial score (nSPS) is 10.3. The monoisotopic (exact) mass is 496 g/mol. The minimum atomic E-state index is -4.67. The first-order valence-electron chi connectivity index (χ1n) is 6.01. The summed E-state index contributed by atoms with van der Waals surface area (Å²) in [7, 11) is -4.67. The average Bonchev–Trinajstić information content (AvgIpc) is 2.52. The second-order valence-corrected chi connectivity index (χ2v) is 7.95. The molecule has 25 heavy (non-hydrogen) atoms. The Balaban J connectivity index is 0.000000368. The molecular weight excluding hydrogens is 482 g/mol. The second kappa shape index (κ2) is 11.0. The number of phenols is 2. The molecule has 0 fully saturated rings. The van der Waals surface area contributed by atoms with Gasteiger partial charge in [-0.25, -0.2) is 0 Å². The smallest absolute Gasteiger partial charge is 0.264 e. The van der Waals surface area contributed by atoms with Crippen molar-refractivity contribution in [3.05, 3.63) is 36.4 Å². The van der Waals surface area contributed by atoms with Gasteiger partial charge >= 0.3 is 139 Å². The van der Waals surface area contributed by atoms with Gasteiger partial charge in [0.1, 0.15) is 0 Å². The van der Waals surface area contributed by atoms with Crippen molar-refractivity contribution in [3.8, 4) is 11.5 Å². The van der Waals surface area contributed by atoms with Crippen LogP contribution in [0.25, 0.3) is 0 Å². The first-order valence-corrected chi connectivity index (χ1v) is 10.8. The van der Waals surface area contributed by atoms with Crippen LogP contribution in [0.3, 0.4) is 0 Å². The zero-order chi connectivity index (χ0) is 19.6. The fraction of sp³-hybridized carbons (Fsp3) is 0. The maximum absolute atomic E-state index is 10.4. The van der Waals surface area contributed by atoms with Crippen molar-refractivity contribution < 1.29 is 35.2 Å². The summed E-state index contributed by atoms with van der Waals surface area (Å²) in [5.41, 5.74) is 11.2. The van der Waals surface area contributed by atoms with Crippen LogP contribution < -0.4 is 20.2 Å². The summed E-state index contributed by atoms with van der Waals surface area (Å²) in [6, 6.07) is 9.11. The summed E-state index contributed by atoms with van der Waals surface area (Å²) < 4.78 is 53.7. The molecule has 0 aliphatic carbocycles. The number of phenolic OH excluding ortho intramolecular Hbond substituents is 2. The Bertz CT molecular complexity index is 782. The van der Waals surface area contributed by atoms with Crippen molar-refractivity contribution in [2.75, 3.05) is 11.5 Å². The van der Waals surface area contributed by atoms with Gasteiger partial charge in [0.05, 0.1) is 0 Å². The molecule has 0 amide bonds. The van der Waals surface area contributed by atoms with E-state index in [4.69, 9.17) is 39.2 Å². The molecule has 2 rings (SSSR count). The minimum absolute atomic E-state index is 0.0402. The number of hydrogen-bond donors (Lipinski definition) is 6. The van der Waals surface area contributed by atoms with E-state index in [9.17, 15) is 7.48 Å². The molecule has 136 valence electrons. The maximum atomic E-state index is 10.4. The SMILES string of the molecule is Nc1cc([As]=O)ccc1O.Nc1cc([As]=O)ccc1O.O=S(=O)(O)O. The first-order chi connectivity index (χ1) is 11.5. The number of anilines is 2. The molecule has 8 N–H and O–H groups in total. The van der Waals surface area contributed by atoms with Crippen LogP contribution in [0.2, 0.25) is 0 Å². The molecule has 0 spiro atoms. The number of benzene rings is 2. The van der Waals surface area contributed by atoms with Crippen molar-refractivity contribution in [2.45, 2.75) is 0 Å². The molecular formula is C12H14As2N2O8S. The van der Waals surface area contributed by atoms with Gasteiger partial charge < -0.3 is 0 Å². The van der Waals surface area contributed by atoms with Crippen LogP contribution in [0.5, 0.6) is 11.5 Å². The Morgan fingerprint density at radius 2 is 1.04 bits per heavy atom. The standard InChI is InChI=1S/2C6H6AsNO2.H2O4S/c2*8-5-3-4(7-10)1-2-6(5)9;1-5(2,3)4/h2*1-3,9H,8H2;(H2,1,2,3,4). The van der Waals surface area contributed by atoms with Gasteiger partial charge in [-0.3, -0.25) is 9.11 Å². The fourth-order valence-electron chi connectivity index (χ4n) is 1.20. The molecule has 0 saturated carbocycles. The molecule has 10 nitrogen and oxygen atoms in total. The molecule has 0 aromatic heterocycles. The fourth-order valence-corrected chi connectivity index (χ4v) is 2.57. The third-order valence-corrected chi connectivity index (χ3v) is 4.28. The number of nitrogen functional groups attached to an aromatic ring is 2. The van der Waals surface area contributed by atoms with Gasteiger partial charge in [0.15, 0.2) is 0 Å². The summed E-state index contributed by atoms with van der Waals surface area (Å²) in [6.45, 7) is 0. The molecule has 0 atom stereocenters. The molecule has 0 bridgehead atoms. The van der Waals surface area contributed by atoms with Crippen molar-refractivity contribution >= 4 is 61.9 Å². The van der Waals surface area contributed by atoms with Gasteiger partial charge in [0.2, 0.25) is 0 Å². The Morgan fingerprint density at radius 3 is 1.24 bits per heavy atom. The topological polar surface area (TPSA) is 201 Å². The second-order valence-electron chi connectivity index (χ2n) is 4.12. The van der Waals surface area contributed by atoms with Crippen molar-refractivity contribution in [3.63, 3.8) is 0 Å². The molecule has 0 saturated heterocycles. The van der Waals surface area contributed by atoms with E-state index < -0.39 is 41.8 Å². The predicted octanol–water partition coefficient (Wildman–Crippen LogP) is -1.35. The van der Waals surface area contributed by atoms with E-state index >= 15 is 0 Å². The quantitative estimate of drug-likeness (QED) is 0.125. The van der Waals surface area contributed by atoms with Crippen LogP contribution >= 0.6 is 0 Å². The molecule has 0 radical (unpaired) electrons.